The summed E-state index contributed by atoms with van der Waals surface area (Å²) >= 11 is 0. The van der Waals surface area contributed by atoms with Gasteiger partial charge in [0.05, 0.1) is 0 Å². The minimum absolute atomic E-state index is 0.496. The molecule has 0 amide bonds. The van der Waals surface area contributed by atoms with Crippen molar-refractivity contribution < 1.29 is 0 Å². The van der Waals surface area contributed by atoms with Crippen molar-refractivity contribution in [2.75, 3.05) is 13.1 Å². The summed E-state index contributed by atoms with van der Waals surface area (Å²) in [5, 5.41) is 0. The third kappa shape index (κ3) is 2.13. The summed E-state index contributed by atoms with van der Waals surface area (Å²) in [6.07, 6.45) is 21.0. The maximum Gasteiger partial charge on any atom is 0.0337 e. The molecule has 1 heteroatoms. The van der Waals surface area contributed by atoms with Crippen LogP contribution in [0, 0.1) is 28.1 Å². The van der Waals surface area contributed by atoms with Crippen molar-refractivity contribution in [3.63, 3.8) is 0 Å². The highest BCUT2D eigenvalue weighted by Gasteiger charge is 2.72. The first-order valence-corrected chi connectivity index (χ1v) is 12.9. The first-order chi connectivity index (χ1) is 13.4. The van der Waals surface area contributed by atoms with Crippen molar-refractivity contribution >= 4 is 0 Å². The van der Waals surface area contributed by atoms with E-state index in [1.54, 1.807) is 6.42 Å². The fourth-order valence-corrected chi connectivity index (χ4v) is 9.97. The van der Waals surface area contributed by atoms with Crippen LogP contribution in [0.5, 0.6) is 0 Å². The number of rotatable bonds is 3. The van der Waals surface area contributed by atoms with Gasteiger partial charge in [-0.1, -0.05) is 69.9 Å². The summed E-state index contributed by atoms with van der Waals surface area (Å²) in [6, 6.07) is 0. The Hall–Kier alpha value is -0.300. The van der Waals surface area contributed by atoms with Crippen LogP contribution in [0.2, 0.25) is 0 Å². The second kappa shape index (κ2) is 5.89. The lowest BCUT2D eigenvalue weighted by Gasteiger charge is -2.60. The number of hydrogen-bond donors (Lipinski definition) is 0. The molecule has 4 saturated carbocycles. The Balaban J connectivity index is 1.36. The molecular formula is C27H43N. The van der Waals surface area contributed by atoms with Gasteiger partial charge in [-0.2, -0.15) is 0 Å². The first-order valence-electron chi connectivity index (χ1n) is 12.9. The van der Waals surface area contributed by atoms with Crippen molar-refractivity contribution in [3.8, 4) is 0 Å². The predicted molar refractivity (Wildman–Crippen MR) is 117 cm³/mol. The molecule has 1 saturated heterocycles. The van der Waals surface area contributed by atoms with Gasteiger partial charge in [-0.05, 0) is 74.5 Å². The van der Waals surface area contributed by atoms with E-state index in [9.17, 15) is 0 Å². The Kier molecular flexibility index (Phi) is 3.89. The molecule has 2 spiro atoms. The average Bonchev–Trinajstić information content (AvgIpc) is 2.93. The molecular weight excluding hydrogens is 338 g/mol. The standard InChI is InChI=1S/C27H43N/c1-20-11-16-27-22(21-9-5-4-6-10-21)12-15-25(17-23(20)27,24(27,2)3)18-28-19-26(28)13-7-8-14-26/h21-22H,4-19H2,1-3H3/t22-,25-,27+,28?/m0/s1. The summed E-state index contributed by atoms with van der Waals surface area (Å²) in [7, 11) is 0. The second-order valence-electron chi connectivity index (χ2n) is 12.6. The third-order valence-electron chi connectivity index (χ3n) is 11.8. The molecule has 4 atom stereocenters. The van der Waals surface area contributed by atoms with Gasteiger partial charge in [0.2, 0.25) is 0 Å². The molecule has 0 N–H and O–H groups in total. The Bertz CT molecular complexity index is 689. The Morgan fingerprint density at radius 1 is 0.893 bits per heavy atom. The minimum atomic E-state index is 0.496. The van der Waals surface area contributed by atoms with Crippen LogP contribution in [0.15, 0.2) is 11.1 Å². The van der Waals surface area contributed by atoms with Crippen molar-refractivity contribution in [1.82, 2.24) is 4.90 Å². The van der Waals surface area contributed by atoms with Crippen LogP contribution in [-0.4, -0.2) is 23.5 Å². The van der Waals surface area contributed by atoms with Crippen LogP contribution < -0.4 is 0 Å². The normalized spacial score (nSPS) is 46.4. The van der Waals surface area contributed by atoms with Crippen LogP contribution in [0.25, 0.3) is 0 Å². The fourth-order valence-electron chi connectivity index (χ4n) is 9.97. The molecule has 1 heterocycles. The van der Waals surface area contributed by atoms with Crippen molar-refractivity contribution in [1.29, 1.82) is 0 Å². The largest absolute Gasteiger partial charge is 0.294 e. The molecule has 1 nitrogen and oxygen atoms in total. The number of fused-ring (bicyclic) bond motifs is 1. The van der Waals surface area contributed by atoms with Crippen LogP contribution >= 0.6 is 0 Å². The monoisotopic (exact) mass is 381 g/mol. The van der Waals surface area contributed by atoms with Gasteiger partial charge >= 0.3 is 0 Å². The van der Waals surface area contributed by atoms with Gasteiger partial charge in [0.1, 0.15) is 0 Å². The van der Waals surface area contributed by atoms with E-state index in [2.05, 4.69) is 25.7 Å². The summed E-state index contributed by atoms with van der Waals surface area (Å²) < 4.78 is 0. The van der Waals surface area contributed by atoms with Gasteiger partial charge in [-0.15, -0.1) is 0 Å². The number of nitrogens with zero attached hydrogens (tertiary/aromatic N) is 1. The maximum atomic E-state index is 2.97. The van der Waals surface area contributed by atoms with Gasteiger partial charge < -0.3 is 0 Å². The highest BCUT2D eigenvalue weighted by molar-refractivity contribution is 5.41. The molecule has 5 fully saturated rings. The molecule has 1 unspecified atom stereocenters. The molecule has 6 rings (SSSR count). The van der Waals surface area contributed by atoms with Crippen molar-refractivity contribution in [2.45, 2.75) is 116 Å². The number of allylic oxidation sites excluding steroid dienone is 2. The SMILES string of the molecule is CC1=C2C[C@]3(CN4CC45CCCC5)CC[C@@H](C4CCCCC4)[C@@]2(CC1)C3(C)C. The Morgan fingerprint density at radius 2 is 1.64 bits per heavy atom. The van der Waals surface area contributed by atoms with E-state index >= 15 is 0 Å². The molecule has 28 heavy (non-hydrogen) atoms. The van der Waals surface area contributed by atoms with Gasteiger partial charge in [-0.3, -0.25) is 4.90 Å². The zero-order chi connectivity index (χ0) is 19.2. The van der Waals surface area contributed by atoms with E-state index in [0.717, 1.165) is 11.8 Å². The van der Waals surface area contributed by atoms with Crippen LogP contribution in [0.3, 0.4) is 0 Å². The van der Waals surface area contributed by atoms with Crippen LogP contribution in [-0.2, 0) is 0 Å². The molecule has 5 aliphatic carbocycles. The minimum Gasteiger partial charge on any atom is -0.294 e. The molecule has 0 aromatic rings. The van der Waals surface area contributed by atoms with E-state index < -0.39 is 0 Å². The van der Waals surface area contributed by atoms with Gasteiger partial charge in [0.15, 0.2) is 0 Å². The van der Waals surface area contributed by atoms with Crippen LogP contribution in [0.4, 0.5) is 0 Å². The Morgan fingerprint density at radius 3 is 2.39 bits per heavy atom. The summed E-state index contributed by atoms with van der Waals surface area (Å²) in [6.45, 7) is 10.9. The predicted octanol–water partition coefficient (Wildman–Crippen LogP) is 7.12. The quantitative estimate of drug-likeness (QED) is 0.371. The van der Waals surface area contributed by atoms with E-state index in [1.165, 1.54) is 96.6 Å². The average molecular weight is 382 g/mol. The Labute approximate surface area is 173 Å². The highest BCUT2D eigenvalue weighted by Crippen LogP contribution is 2.79. The summed E-state index contributed by atoms with van der Waals surface area (Å²) in [5.41, 5.74) is 6.11. The second-order valence-corrected chi connectivity index (χ2v) is 12.6. The van der Waals surface area contributed by atoms with Crippen LogP contribution in [0.1, 0.15) is 111 Å². The van der Waals surface area contributed by atoms with Crippen molar-refractivity contribution in [2.24, 2.45) is 28.1 Å². The molecule has 156 valence electrons. The maximum absolute atomic E-state index is 2.97. The first kappa shape index (κ1) is 18.5. The zero-order valence-electron chi connectivity index (χ0n) is 18.9. The van der Waals surface area contributed by atoms with Gasteiger partial charge in [0.25, 0.3) is 0 Å². The van der Waals surface area contributed by atoms with E-state index in [1.807, 2.05) is 11.1 Å². The van der Waals surface area contributed by atoms with Gasteiger partial charge in [-0.25, -0.2) is 0 Å². The summed E-state index contributed by atoms with van der Waals surface area (Å²) in [5.74, 6) is 2.04. The lowest BCUT2D eigenvalue weighted by molar-refractivity contribution is -0.105. The van der Waals surface area contributed by atoms with Crippen molar-refractivity contribution in [3.05, 3.63) is 11.1 Å². The highest BCUT2D eigenvalue weighted by atomic mass is 15.4. The molecule has 1 aliphatic heterocycles. The topological polar surface area (TPSA) is 3.01 Å². The molecule has 0 aromatic carbocycles. The van der Waals surface area contributed by atoms with E-state index in [4.69, 9.17) is 0 Å². The van der Waals surface area contributed by atoms with Gasteiger partial charge in [0, 0.05) is 24.0 Å². The lowest BCUT2D eigenvalue weighted by Crippen LogP contribution is -2.55. The van der Waals surface area contributed by atoms with E-state index in [-0.39, 0.29) is 0 Å². The zero-order valence-corrected chi connectivity index (χ0v) is 18.9. The molecule has 2 bridgehead atoms. The lowest BCUT2D eigenvalue weighted by atomic mass is 9.45. The molecule has 6 aliphatic rings. The number of hydrogen-bond acceptors (Lipinski definition) is 1. The smallest absolute Gasteiger partial charge is 0.0337 e. The molecule has 0 radical (unpaired) electrons. The third-order valence-corrected chi connectivity index (χ3v) is 11.8. The van der Waals surface area contributed by atoms with E-state index in [0.29, 0.717) is 21.8 Å². The fraction of sp³-hybridized carbons (Fsp3) is 0.926. The molecule has 0 aromatic heterocycles. The summed E-state index contributed by atoms with van der Waals surface area (Å²) in [4.78, 5) is 2.97.